The first-order valence-electron chi connectivity index (χ1n) is 6.50. The highest BCUT2D eigenvalue weighted by Crippen LogP contribution is 2.38. The topological polar surface area (TPSA) is 91.6 Å². The molecule has 2 aliphatic heterocycles. The second-order valence-electron chi connectivity index (χ2n) is 4.96. The average Bonchev–Trinajstić information content (AvgIpc) is 2.94. The fraction of sp³-hybridized carbons (Fsp3) is 0.500. The van der Waals surface area contributed by atoms with E-state index in [2.05, 4.69) is 8.73 Å². The Labute approximate surface area is 126 Å². The van der Waals surface area contributed by atoms with Crippen molar-refractivity contribution >= 4 is 32.8 Å². The molecule has 0 amide bonds. The molecule has 3 rings (SSSR count). The van der Waals surface area contributed by atoms with E-state index in [0.717, 1.165) is 11.4 Å². The summed E-state index contributed by atoms with van der Waals surface area (Å²) in [6.45, 7) is 1.97. The molecule has 1 aromatic carbocycles. The molecule has 0 aromatic heterocycles. The Balaban J connectivity index is 1.98. The zero-order valence-electron chi connectivity index (χ0n) is 11.3. The van der Waals surface area contributed by atoms with Crippen molar-refractivity contribution in [1.29, 1.82) is 0 Å². The summed E-state index contributed by atoms with van der Waals surface area (Å²) in [5.41, 5.74) is 0.961. The van der Waals surface area contributed by atoms with Crippen LogP contribution in [0.25, 0.3) is 0 Å². The lowest BCUT2D eigenvalue weighted by atomic mass is 10.2. The largest absolute Gasteiger partial charge is 0.394 e. The maximum Gasteiger partial charge on any atom is 0.245 e. The number of benzene rings is 1. The van der Waals surface area contributed by atoms with E-state index in [1.165, 1.54) is 10.4 Å². The highest BCUT2D eigenvalue weighted by atomic mass is 32.2. The third kappa shape index (κ3) is 2.67. The molecular formula is C12H15N3O4S2. The molecule has 1 aromatic rings. The Morgan fingerprint density at radius 1 is 1.43 bits per heavy atom. The number of hydrogen-bond donors (Lipinski definition) is 1. The summed E-state index contributed by atoms with van der Waals surface area (Å²) < 4.78 is 40.6. The molecule has 0 aliphatic carbocycles. The summed E-state index contributed by atoms with van der Waals surface area (Å²) in [4.78, 5) is 0.152. The minimum absolute atomic E-state index is 0.136. The van der Waals surface area contributed by atoms with Crippen molar-refractivity contribution < 1.29 is 18.3 Å². The van der Waals surface area contributed by atoms with Crippen LogP contribution in [0.4, 0.5) is 11.4 Å². The quantitative estimate of drug-likeness (QED) is 0.915. The molecule has 114 valence electrons. The van der Waals surface area contributed by atoms with E-state index in [1.54, 1.807) is 19.1 Å². The molecule has 2 atom stereocenters. The molecule has 2 heterocycles. The van der Waals surface area contributed by atoms with Gasteiger partial charge >= 0.3 is 0 Å². The van der Waals surface area contributed by atoms with Crippen molar-refractivity contribution in [3.05, 3.63) is 18.2 Å². The van der Waals surface area contributed by atoms with Crippen LogP contribution in [0.5, 0.6) is 0 Å². The van der Waals surface area contributed by atoms with Crippen molar-refractivity contribution in [3.63, 3.8) is 0 Å². The first-order chi connectivity index (χ1) is 10.0. The molecule has 0 bridgehead atoms. The predicted molar refractivity (Wildman–Crippen MR) is 78.2 cm³/mol. The highest BCUT2D eigenvalue weighted by molar-refractivity contribution is 7.89. The lowest BCUT2D eigenvalue weighted by Crippen LogP contribution is -2.50. The summed E-state index contributed by atoms with van der Waals surface area (Å²) in [6.07, 6.45) is -0.769. The molecule has 9 heteroatoms. The van der Waals surface area contributed by atoms with Gasteiger partial charge in [0.1, 0.15) is 16.3 Å². The van der Waals surface area contributed by atoms with Gasteiger partial charge in [-0.25, -0.2) is 8.42 Å². The van der Waals surface area contributed by atoms with Crippen molar-refractivity contribution in [1.82, 2.24) is 4.31 Å². The molecule has 1 N–H and O–H groups in total. The van der Waals surface area contributed by atoms with E-state index in [9.17, 15) is 13.5 Å². The third-order valence-electron chi connectivity index (χ3n) is 3.36. The van der Waals surface area contributed by atoms with E-state index < -0.39 is 16.1 Å². The maximum absolute atomic E-state index is 12.8. The minimum atomic E-state index is -3.69. The van der Waals surface area contributed by atoms with Crippen LogP contribution in [0.3, 0.4) is 0 Å². The number of rotatable bonds is 3. The smallest absolute Gasteiger partial charge is 0.245 e. The molecule has 2 unspecified atom stereocenters. The summed E-state index contributed by atoms with van der Waals surface area (Å²) in [5.74, 6) is 0. The highest BCUT2D eigenvalue weighted by Gasteiger charge is 2.35. The van der Waals surface area contributed by atoms with Crippen molar-refractivity contribution in [2.24, 2.45) is 8.73 Å². The molecule has 2 aliphatic rings. The van der Waals surface area contributed by atoms with Crippen LogP contribution < -0.4 is 0 Å². The van der Waals surface area contributed by atoms with E-state index in [0.29, 0.717) is 11.4 Å². The van der Waals surface area contributed by atoms with Crippen molar-refractivity contribution in [3.8, 4) is 0 Å². The van der Waals surface area contributed by atoms with Crippen LogP contribution in [0.15, 0.2) is 31.8 Å². The number of aliphatic hydroxyl groups is 1. The molecule has 0 saturated carbocycles. The van der Waals surface area contributed by atoms with Crippen LogP contribution in [-0.2, 0) is 26.1 Å². The Kier molecular flexibility index (Phi) is 3.93. The lowest BCUT2D eigenvalue weighted by molar-refractivity contribution is -0.0750. The first-order valence-corrected chi connectivity index (χ1v) is 8.67. The van der Waals surface area contributed by atoms with Gasteiger partial charge in [0.25, 0.3) is 0 Å². The van der Waals surface area contributed by atoms with Gasteiger partial charge in [0, 0.05) is 13.1 Å². The molecule has 0 radical (unpaired) electrons. The van der Waals surface area contributed by atoms with E-state index in [-0.39, 0.29) is 30.7 Å². The number of sulfonamides is 1. The number of nitrogens with zero attached hydrogens (tertiary/aromatic N) is 3. The van der Waals surface area contributed by atoms with Gasteiger partial charge in [0.15, 0.2) is 0 Å². The van der Waals surface area contributed by atoms with Crippen LogP contribution in [0.2, 0.25) is 0 Å². The van der Waals surface area contributed by atoms with Gasteiger partial charge in [-0.15, -0.1) is 0 Å². The Morgan fingerprint density at radius 2 is 2.24 bits per heavy atom. The summed E-state index contributed by atoms with van der Waals surface area (Å²) in [7, 11) is -3.69. The summed E-state index contributed by atoms with van der Waals surface area (Å²) in [6, 6.07) is 4.92. The van der Waals surface area contributed by atoms with Gasteiger partial charge in [-0.05, 0) is 19.1 Å². The second kappa shape index (κ2) is 5.58. The van der Waals surface area contributed by atoms with Gasteiger partial charge in [0.2, 0.25) is 10.0 Å². The second-order valence-corrected chi connectivity index (χ2v) is 7.40. The molecule has 1 fully saturated rings. The number of fused-ring (bicyclic) bond motifs is 1. The van der Waals surface area contributed by atoms with Gasteiger partial charge in [-0.1, -0.05) is 6.07 Å². The molecular weight excluding hydrogens is 314 g/mol. The van der Waals surface area contributed by atoms with Crippen LogP contribution in [0.1, 0.15) is 6.92 Å². The van der Waals surface area contributed by atoms with Gasteiger partial charge in [-0.2, -0.15) is 13.0 Å². The average molecular weight is 329 g/mol. The zero-order chi connectivity index (χ0) is 15.0. The first kappa shape index (κ1) is 14.8. The molecule has 7 nitrogen and oxygen atoms in total. The van der Waals surface area contributed by atoms with Crippen LogP contribution >= 0.6 is 0 Å². The Bertz CT molecular complexity index is 728. The molecule has 0 spiro atoms. The van der Waals surface area contributed by atoms with Crippen molar-refractivity contribution in [2.75, 3.05) is 19.7 Å². The van der Waals surface area contributed by atoms with E-state index in [4.69, 9.17) is 4.74 Å². The number of hydrogen-bond acceptors (Lipinski definition) is 6. The van der Waals surface area contributed by atoms with Crippen LogP contribution in [0, 0.1) is 0 Å². The Morgan fingerprint density at radius 3 is 3.00 bits per heavy atom. The van der Waals surface area contributed by atoms with Crippen LogP contribution in [-0.4, -0.2) is 49.7 Å². The summed E-state index contributed by atoms with van der Waals surface area (Å²) in [5, 5.41) is 9.23. The fourth-order valence-corrected chi connectivity index (χ4v) is 4.73. The summed E-state index contributed by atoms with van der Waals surface area (Å²) >= 11 is 0.988. The predicted octanol–water partition coefficient (Wildman–Crippen LogP) is 1.18. The monoisotopic (exact) mass is 329 g/mol. The molecule has 21 heavy (non-hydrogen) atoms. The lowest BCUT2D eigenvalue weighted by Gasteiger charge is -2.35. The van der Waals surface area contributed by atoms with Gasteiger partial charge < -0.3 is 9.84 Å². The standard InChI is InChI=1S/C12H15N3O4S2/c1-8-5-15(6-9(7-16)19-8)21(17,18)11-4-2-3-10-12(11)14-20-13-10/h2-4,8-9,16H,5-7H2,1H3. The SMILES string of the molecule is CC1CN(S(=O)(=O)c2cccc3c2N=S=N3)CC(CO)O1. The number of ether oxygens (including phenoxy) is 1. The van der Waals surface area contributed by atoms with Gasteiger partial charge in [0.05, 0.1) is 30.2 Å². The number of morpholine rings is 1. The third-order valence-corrected chi connectivity index (χ3v) is 5.77. The van der Waals surface area contributed by atoms with E-state index >= 15 is 0 Å². The normalized spacial score (nSPS) is 25.6. The van der Waals surface area contributed by atoms with Gasteiger partial charge in [-0.3, -0.25) is 0 Å². The molecule has 1 saturated heterocycles. The van der Waals surface area contributed by atoms with Crippen molar-refractivity contribution in [2.45, 2.75) is 24.0 Å². The maximum atomic E-state index is 12.8. The Hall–Kier alpha value is -1.13. The zero-order valence-corrected chi connectivity index (χ0v) is 13.0. The fourth-order valence-electron chi connectivity index (χ4n) is 2.43. The van der Waals surface area contributed by atoms with E-state index in [1.807, 2.05) is 0 Å². The minimum Gasteiger partial charge on any atom is -0.394 e. The number of aliphatic hydroxyl groups excluding tert-OH is 1.